The average molecular weight is 278 g/mol. The van der Waals surface area contributed by atoms with E-state index in [1.165, 1.54) is 0 Å². The zero-order valence-electron chi connectivity index (χ0n) is 12.3. The molecule has 110 valence electrons. The van der Waals surface area contributed by atoms with Gasteiger partial charge < -0.3 is 10.1 Å². The van der Waals surface area contributed by atoms with Crippen LogP contribution in [0.25, 0.3) is 0 Å². The van der Waals surface area contributed by atoms with E-state index >= 15 is 0 Å². The third kappa shape index (κ3) is 3.48. The van der Waals surface area contributed by atoms with Crippen LogP contribution >= 0.6 is 0 Å². The summed E-state index contributed by atoms with van der Waals surface area (Å²) >= 11 is 0. The number of aryl methyl sites for hydroxylation is 1. The number of nitro groups is 1. The minimum Gasteiger partial charge on any atom is -0.382 e. The SMILES string of the molecule is Cc1cc(NC2CCOC(C(C)C)C2)ccc1[N+](=O)[O-]. The van der Waals surface area contributed by atoms with Crippen molar-refractivity contribution >= 4 is 11.4 Å². The van der Waals surface area contributed by atoms with Crippen LogP contribution in [-0.4, -0.2) is 23.7 Å². The first kappa shape index (κ1) is 14.8. The zero-order valence-corrected chi connectivity index (χ0v) is 12.3. The van der Waals surface area contributed by atoms with Crippen molar-refractivity contribution in [3.63, 3.8) is 0 Å². The van der Waals surface area contributed by atoms with Gasteiger partial charge in [0.1, 0.15) is 0 Å². The van der Waals surface area contributed by atoms with Crippen LogP contribution in [0, 0.1) is 23.0 Å². The molecule has 0 radical (unpaired) electrons. The van der Waals surface area contributed by atoms with E-state index in [-0.39, 0.29) is 10.6 Å². The minimum atomic E-state index is -0.345. The van der Waals surface area contributed by atoms with E-state index in [4.69, 9.17) is 4.74 Å². The molecule has 1 aliphatic rings. The topological polar surface area (TPSA) is 64.4 Å². The second kappa shape index (κ2) is 6.22. The van der Waals surface area contributed by atoms with Gasteiger partial charge in [-0.05, 0) is 37.8 Å². The van der Waals surface area contributed by atoms with E-state index in [2.05, 4.69) is 19.2 Å². The molecule has 0 spiro atoms. The molecule has 0 bridgehead atoms. The molecule has 2 atom stereocenters. The van der Waals surface area contributed by atoms with Crippen LogP contribution in [0.5, 0.6) is 0 Å². The number of nitro benzene ring substituents is 1. The molecular weight excluding hydrogens is 256 g/mol. The second-order valence-electron chi connectivity index (χ2n) is 5.78. The van der Waals surface area contributed by atoms with Gasteiger partial charge in [-0.1, -0.05) is 13.8 Å². The Labute approximate surface area is 119 Å². The van der Waals surface area contributed by atoms with Crippen LogP contribution in [0.2, 0.25) is 0 Å². The molecule has 2 unspecified atom stereocenters. The quantitative estimate of drug-likeness (QED) is 0.676. The molecule has 2 rings (SSSR count). The van der Waals surface area contributed by atoms with E-state index in [0.717, 1.165) is 25.1 Å². The predicted octanol–water partition coefficient (Wildman–Crippen LogP) is 3.52. The van der Waals surface area contributed by atoms with Gasteiger partial charge in [0, 0.05) is 30.0 Å². The summed E-state index contributed by atoms with van der Waals surface area (Å²) in [4.78, 5) is 10.5. The Hall–Kier alpha value is -1.62. The Bertz CT molecular complexity index is 488. The van der Waals surface area contributed by atoms with Crippen LogP contribution in [-0.2, 0) is 4.74 Å². The highest BCUT2D eigenvalue weighted by atomic mass is 16.6. The summed E-state index contributed by atoms with van der Waals surface area (Å²) in [5, 5.41) is 14.3. The highest BCUT2D eigenvalue weighted by Crippen LogP contribution is 2.26. The first-order valence-corrected chi connectivity index (χ1v) is 7.10. The summed E-state index contributed by atoms with van der Waals surface area (Å²) in [6, 6.07) is 5.57. The van der Waals surface area contributed by atoms with Gasteiger partial charge in [0.2, 0.25) is 0 Å². The van der Waals surface area contributed by atoms with Crippen molar-refractivity contribution in [1.82, 2.24) is 0 Å². The molecule has 1 N–H and O–H groups in total. The van der Waals surface area contributed by atoms with Crippen molar-refractivity contribution in [3.05, 3.63) is 33.9 Å². The van der Waals surface area contributed by atoms with Gasteiger partial charge in [0.05, 0.1) is 11.0 Å². The zero-order chi connectivity index (χ0) is 14.7. The molecule has 5 nitrogen and oxygen atoms in total. The number of nitrogens with zero attached hydrogens (tertiary/aromatic N) is 1. The standard InChI is InChI=1S/C15H22N2O3/c1-10(2)15-9-13(6-7-20-15)16-12-4-5-14(17(18)19)11(3)8-12/h4-5,8,10,13,15-16H,6-7,9H2,1-3H3. The van der Waals surface area contributed by atoms with Gasteiger partial charge in [0.15, 0.2) is 0 Å². The van der Waals surface area contributed by atoms with Gasteiger partial charge >= 0.3 is 0 Å². The smallest absolute Gasteiger partial charge is 0.272 e. The molecule has 1 heterocycles. The summed E-state index contributed by atoms with van der Waals surface area (Å²) in [5.74, 6) is 0.512. The maximum atomic E-state index is 10.8. The Morgan fingerprint density at radius 1 is 1.45 bits per heavy atom. The lowest BCUT2D eigenvalue weighted by Gasteiger charge is -2.33. The van der Waals surface area contributed by atoms with E-state index < -0.39 is 0 Å². The monoisotopic (exact) mass is 278 g/mol. The van der Waals surface area contributed by atoms with Crippen LogP contribution in [0.3, 0.4) is 0 Å². The maximum Gasteiger partial charge on any atom is 0.272 e. The maximum absolute atomic E-state index is 10.8. The number of nitrogens with one attached hydrogen (secondary N) is 1. The fourth-order valence-corrected chi connectivity index (χ4v) is 2.61. The van der Waals surface area contributed by atoms with E-state index in [0.29, 0.717) is 23.6 Å². The lowest BCUT2D eigenvalue weighted by molar-refractivity contribution is -0.385. The Balaban J connectivity index is 2.03. The predicted molar refractivity (Wildman–Crippen MR) is 79.1 cm³/mol. The Kier molecular flexibility index (Phi) is 4.60. The van der Waals surface area contributed by atoms with E-state index in [1.54, 1.807) is 19.1 Å². The molecule has 1 aliphatic heterocycles. The van der Waals surface area contributed by atoms with Crippen LogP contribution < -0.4 is 5.32 Å². The van der Waals surface area contributed by atoms with Crippen molar-refractivity contribution < 1.29 is 9.66 Å². The van der Waals surface area contributed by atoms with Crippen molar-refractivity contribution in [2.24, 2.45) is 5.92 Å². The van der Waals surface area contributed by atoms with Gasteiger partial charge in [0.25, 0.3) is 5.69 Å². The third-order valence-electron chi connectivity index (χ3n) is 3.82. The molecular formula is C15H22N2O3. The second-order valence-corrected chi connectivity index (χ2v) is 5.78. The highest BCUT2D eigenvalue weighted by molar-refractivity contribution is 5.54. The number of hydrogen-bond acceptors (Lipinski definition) is 4. The van der Waals surface area contributed by atoms with Crippen LogP contribution in [0.15, 0.2) is 18.2 Å². The number of anilines is 1. The van der Waals surface area contributed by atoms with Gasteiger partial charge in [-0.2, -0.15) is 0 Å². The molecule has 1 saturated heterocycles. The first-order valence-electron chi connectivity index (χ1n) is 7.10. The summed E-state index contributed by atoms with van der Waals surface area (Å²) in [6.45, 7) is 6.88. The van der Waals surface area contributed by atoms with E-state index in [9.17, 15) is 10.1 Å². The lowest BCUT2D eigenvalue weighted by Crippen LogP contribution is -2.36. The lowest BCUT2D eigenvalue weighted by atomic mass is 9.95. The molecule has 0 aromatic heterocycles. The van der Waals surface area contributed by atoms with Crippen LogP contribution in [0.1, 0.15) is 32.3 Å². The molecule has 0 aliphatic carbocycles. The average Bonchev–Trinajstić information content (AvgIpc) is 2.38. The van der Waals surface area contributed by atoms with Crippen molar-refractivity contribution in [2.75, 3.05) is 11.9 Å². The molecule has 0 saturated carbocycles. The summed E-state index contributed by atoms with van der Waals surface area (Å²) in [6.07, 6.45) is 2.24. The molecule has 1 aromatic rings. The molecule has 1 fully saturated rings. The summed E-state index contributed by atoms with van der Waals surface area (Å²) in [5.41, 5.74) is 1.80. The minimum absolute atomic E-state index is 0.169. The van der Waals surface area contributed by atoms with Gasteiger partial charge in [-0.15, -0.1) is 0 Å². The fourth-order valence-electron chi connectivity index (χ4n) is 2.61. The highest BCUT2D eigenvalue weighted by Gasteiger charge is 2.25. The first-order chi connectivity index (χ1) is 9.47. The molecule has 0 amide bonds. The molecule has 20 heavy (non-hydrogen) atoms. The number of hydrogen-bond donors (Lipinski definition) is 1. The Morgan fingerprint density at radius 3 is 2.80 bits per heavy atom. The third-order valence-corrected chi connectivity index (χ3v) is 3.82. The largest absolute Gasteiger partial charge is 0.382 e. The van der Waals surface area contributed by atoms with Crippen molar-refractivity contribution in [1.29, 1.82) is 0 Å². The number of benzene rings is 1. The van der Waals surface area contributed by atoms with Crippen molar-refractivity contribution in [2.45, 2.75) is 45.8 Å². The number of rotatable bonds is 4. The van der Waals surface area contributed by atoms with Crippen molar-refractivity contribution in [3.8, 4) is 0 Å². The van der Waals surface area contributed by atoms with Gasteiger partial charge in [-0.25, -0.2) is 0 Å². The van der Waals surface area contributed by atoms with Gasteiger partial charge in [-0.3, -0.25) is 10.1 Å². The molecule has 1 aromatic carbocycles. The van der Waals surface area contributed by atoms with Crippen LogP contribution in [0.4, 0.5) is 11.4 Å². The summed E-state index contributed by atoms with van der Waals surface area (Å²) < 4.78 is 5.75. The van der Waals surface area contributed by atoms with E-state index in [1.807, 2.05) is 6.07 Å². The fraction of sp³-hybridized carbons (Fsp3) is 0.600. The number of ether oxygens (including phenoxy) is 1. The molecule has 5 heteroatoms. The Morgan fingerprint density at radius 2 is 2.20 bits per heavy atom. The summed E-state index contributed by atoms with van der Waals surface area (Å²) in [7, 11) is 0. The normalized spacial score (nSPS) is 22.8.